The van der Waals surface area contributed by atoms with Crippen molar-refractivity contribution in [2.24, 2.45) is 5.92 Å². The number of hydrogen-bond donors (Lipinski definition) is 1. The number of hydrogen-bond acceptors (Lipinski definition) is 2. The van der Waals surface area contributed by atoms with Crippen molar-refractivity contribution in [3.8, 4) is 0 Å². The predicted molar refractivity (Wildman–Crippen MR) is 57.9 cm³/mol. The second-order valence-electron chi connectivity index (χ2n) is 3.99. The fraction of sp³-hybridized carbons (Fsp3) is 0.818. The Morgan fingerprint density at radius 1 is 1.69 bits per heavy atom. The zero-order valence-electron chi connectivity index (χ0n) is 8.92. The molecule has 2 heteroatoms. The van der Waals surface area contributed by atoms with Crippen LogP contribution < -0.4 is 5.32 Å². The van der Waals surface area contributed by atoms with Crippen molar-refractivity contribution in [1.29, 1.82) is 0 Å². The van der Waals surface area contributed by atoms with Gasteiger partial charge in [-0.3, -0.25) is 4.90 Å². The van der Waals surface area contributed by atoms with Gasteiger partial charge < -0.3 is 5.32 Å². The summed E-state index contributed by atoms with van der Waals surface area (Å²) in [5.41, 5.74) is 0. The number of nitrogens with zero attached hydrogens (tertiary/aromatic N) is 1. The molecule has 1 N–H and O–H groups in total. The van der Waals surface area contributed by atoms with Crippen LogP contribution in [0.15, 0.2) is 12.7 Å². The highest BCUT2D eigenvalue weighted by Crippen LogP contribution is 2.11. The normalized spacial score (nSPS) is 27.1. The molecule has 0 amide bonds. The van der Waals surface area contributed by atoms with Gasteiger partial charge in [-0.1, -0.05) is 26.3 Å². The van der Waals surface area contributed by atoms with Crippen molar-refractivity contribution in [3.63, 3.8) is 0 Å². The summed E-state index contributed by atoms with van der Waals surface area (Å²) in [6.45, 7) is 12.9. The van der Waals surface area contributed by atoms with Crippen LogP contribution in [0.5, 0.6) is 0 Å². The Bertz CT molecular complexity index is 156. The van der Waals surface area contributed by atoms with Gasteiger partial charge in [0.05, 0.1) is 0 Å². The first-order chi connectivity index (χ1) is 6.27. The molecule has 1 saturated heterocycles. The van der Waals surface area contributed by atoms with Gasteiger partial charge in [0.15, 0.2) is 0 Å². The van der Waals surface area contributed by atoms with Crippen molar-refractivity contribution in [3.05, 3.63) is 12.7 Å². The van der Waals surface area contributed by atoms with Crippen molar-refractivity contribution in [2.45, 2.75) is 26.3 Å². The molecule has 2 nitrogen and oxygen atoms in total. The molecule has 0 saturated carbocycles. The molecule has 0 radical (unpaired) electrons. The molecule has 0 spiro atoms. The molecule has 0 aromatic heterocycles. The topological polar surface area (TPSA) is 15.3 Å². The van der Waals surface area contributed by atoms with E-state index in [9.17, 15) is 0 Å². The molecule has 1 aliphatic rings. The first kappa shape index (κ1) is 10.7. The molecule has 1 rings (SSSR count). The number of nitrogens with one attached hydrogen (secondary N) is 1. The smallest absolute Gasteiger partial charge is 0.0221 e. The Morgan fingerprint density at radius 2 is 2.46 bits per heavy atom. The minimum atomic E-state index is 0.679. The van der Waals surface area contributed by atoms with E-state index in [0.29, 0.717) is 6.04 Å². The second-order valence-corrected chi connectivity index (χ2v) is 3.99. The third-order valence-corrected chi connectivity index (χ3v) is 3.01. The standard InChI is InChI=1S/C11H22N2/c1-4-7-13-8-6-12-11(9-13)10(3)5-2/h4,10-12H,1,5-9H2,2-3H3. The molecule has 2 atom stereocenters. The van der Waals surface area contributed by atoms with Crippen LogP contribution in [0, 0.1) is 5.92 Å². The van der Waals surface area contributed by atoms with Crippen LogP contribution in [0.4, 0.5) is 0 Å². The van der Waals surface area contributed by atoms with Gasteiger partial charge in [0.25, 0.3) is 0 Å². The van der Waals surface area contributed by atoms with Crippen LogP contribution in [0.3, 0.4) is 0 Å². The molecular formula is C11H22N2. The lowest BCUT2D eigenvalue weighted by Gasteiger charge is -2.35. The van der Waals surface area contributed by atoms with Crippen molar-refractivity contribution in [1.82, 2.24) is 10.2 Å². The van der Waals surface area contributed by atoms with Crippen LogP contribution in [0.25, 0.3) is 0 Å². The number of piperazine rings is 1. The summed E-state index contributed by atoms with van der Waals surface area (Å²) in [5.74, 6) is 0.785. The van der Waals surface area contributed by atoms with E-state index in [-0.39, 0.29) is 0 Å². The van der Waals surface area contributed by atoms with E-state index in [1.165, 1.54) is 19.5 Å². The molecule has 2 unspecified atom stereocenters. The molecule has 0 aliphatic carbocycles. The third kappa shape index (κ3) is 3.12. The lowest BCUT2D eigenvalue weighted by molar-refractivity contribution is 0.183. The Labute approximate surface area is 82.0 Å². The molecule has 0 bridgehead atoms. The van der Waals surface area contributed by atoms with E-state index >= 15 is 0 Å². The average Bonchev–Trinajstić information content (AvgIpc) is 2.18. The van der Waals surface area contributed by atoms with E-state index in [4.69, 9.17) is 0 Å². The summed E-state index contributed by atoms with van der Waals surface area (Å²) < 4.78 is 0. The minimum absolute atomic E-state index is 0.679. The van der Waals surface area contributed by atoms with Gasteiger partial charge in [-0.05, 0) is 5.92 Å². The lowest BCUT2D eigenvalue weighted by Crippen LogP contribution is -2.53. The first-order valence-electron chi connectivity index (χ1n) is 5.34. The molecule has 1 heterocycles. The lowest BCUT2D eigenvalue weighted by atomic mass is 9.97. The van der Waals surface area contributed by atoms with Gasteiger partial charge in [-0.2, -0.15) is 0 Å². The summed E-state index contributed by atoms with van der Waals surface area (Å²) in [6, 6.07) is 0.679. The Balaban J connectivity index is 2.36. The van der Waals surface area contributed by atoms with Gasteiger partial charge in [0.1, 0.15) is 0 Å². The van der Waals surface area contributed by atoms with Crippen LogP contribution >= 0.6 is 0 Å². The number of rotatable bonds is 4. The van der Waals surface area contributed by atoms with E-state index in [2.05, 4.69) is 30.6 Å². The fourth-order valence-electron chi connectivity index (χ4n) is 1.86. The Hall–Kier alpha value is -0.340. The van der Waals surface area contributed by atoms with E-state index < -0.39 is 0 Å². The van der Waals surface area contributed by atoms with Crippen LogP contribution in [0.1, 0.15) is 20.3 Å². The monoisotopic (exact) mass is 182 g/mol. The quantitative estimate of drug-likeness (QED) is 0.663. The third-order valence-electron chi connectivity index (χ3n) is 3.01. The minimum Gasteiger partial charge on any atom is -0.311 e. The van der Waals surface area contributed by atoms with Crippen LogP contribution in [-0.2, 0) is 0 Å². The zero-order chi connectivity index (χ0) is 9.68. The highest BCUT2D eigenvalue weighted by molar-refractivity contribution is 4.85. The predicted octanol–water partition coefficient (Wildman–Crippen LogP) is 1.49. The van der Waals surface area contributed by atoms with Crippen molar-refractivity contribution < 1.29 is 0 Å². The molecule has 0 aromatic carbocycles. The fourth-order valence-corrected chi connectivity index (χ4v) is 1.86. The molecule has 13 heavy (non-hydrogen) atoms. The van der Waals surface area contributed by atoms with Crippen molar-refractivity contribution >= 4 is 0 Å². The summed E-state index contributed by atoms with van der Waals surface area (Å²) in [5, 5.41) is 3.58. The Kier molecular flexibility index (Phi) is 4.46. The van der Waals surface area contributed by atoms with Crippen molar-refractivity contribution in [2.75, 3.05) is 26.2 Å². The molecular weight excluding hydrogens is 160 g/mol. The molecule has 1 fully saturated rings. The summed E-state index contributed by atoms with van der Waals surface area (Å²) in [7, 11) is 0. The zero-order valence-corrected chi connectivity index (χ0v) is 8.92. The molecule has 0 aromatic rings. The van der Waals surface area contributed by atoms with Crippen LogP contribution in [-0.4, -0.2) is 37.1 Å². The summed E-state index contributed by atoms with van der Waals surface area (Å²) >= 11 is 0. The van der Waals surface area contributed by atoms with Gasteiger partial charge in [-0.15, -0.1) is 6.58 Å². The average molecular weight is 182 g/mol. The molecule has 1 aliphatic heterocycles. The van der Waals surface area contributed by atoms with Gasteiger partial charge >= 0.3 is 0 Å². The Morgan fingerprint density at radius 3 is 3.08 bits per heavy atom. The SMILES string of the molecule is C=CCN1CCNC(C(C)CC)C1. The van der Waals surface area contributed by atoms with Crippen LogP contribution in [0.2, 0.25) is 0 Å². The summed E-state index contributed by atoms with van der Waals surface area (Å²) in [6.07, 6.45) is 3.26. The maximum Gasteiger partial charge on any atom is 0.0221 e. The first-order valence-corrected chi connectivity index (χ1v) is 5.34. The largest absolute Gasteiger partial charge is 0.311 e. The van der Waals surface area contributed by atoms with E-state index in [1.807, 2.05) is 6.08 Å². The highest BCUT2D eigenvalue weighted by atomic mass is 15.2. The van der Waals surface area contributed by atoms with Gasteiger partial charge in [0, 0.05) is 32.2 Å². The maximum atomic E-state index is 3.78. The molecule has 76 valence electrons. The summed E-state index contributed by atoms with van der Waals surface area (Å²) in [4.78, 5) is 2.47. The van der Waals surface area contributed by atoms with Gasteiger partial charge in [0.2, 0.25) is 0 Å². The maximum absolute atomic E-state index is 3.78. The second kappa shape index (κ2) is 5.40. The van der Waals surface area contributed by atoms with Gasteiger partial charge in [-0.25, -0.2) is 0 Å². The highest BCUT2D eigenvalue weighted by Gasteiger charge is 2.21. The van der Waals surface area contributed by atoms with E-state index in [0.717, 1.165) is 19.0 Å². The van der Waals surface area contributed by atoms with E-state index in [1.54, 1.807) is 0 Å².